The Bertz CT molecular complexity index is 1110. The van der Waals surface area contributed by atoms with Crippen molar-refractivity contribution in [2.24, 2.45) is 0 Å². The monoisotopic (exact) mass is 466 g/mol. The van der Waals surface area contributed by atoms with Crippen LogP contribution in [0.5, 0.6) is 5.75 Å². The summed E-state index contributed by atoms with van der Waals surface area (Å²) in [5.41, 5.74) is 1.63. The number of nitrogens with zero attached hydrogens (tertiary/aromatic N) is 1. The van der Waals surface area contributed by atoms with Crippen LogP contribution in [0.25, 0.3) is 10.1 Å². The number of fused-ring (bicyclic) bond motifs is 1. The summed E-state index contributed by atoms with van der Waals surface area (Å²) >= 11 is 1.33. The molecule has 174 valence electrons. The maximum Gasteiger partial charge on any atom is 0.346 e. The molecule has 2 aromatic carbocycles. The van der Waals surface area contributed by atoms with E-state index in [0.717, 1.165) is 59.3 Å². The van der Waals surface area contributed by atoms with Crippen molar-refractivity contribution in [1.29, 1.82) is 0 Å². The third kappa shape index (κ3) is 5.72. The molecule has 1 saturated heterocycles. The molecule has 2 heterocycles. The van der Waals surface area contributed by atoms with Crippen LogP contribution < -0.4 is 10.1 Å². The van der Waals surface area contributed by atoms with Gasteiger partial charge in [0, 0.05) is 16.4 Å². The number of carboxylic acids is 1. The molecule has 0 bridgehead atoms. The number of unbranched alkanes of at least 4 members (excludes halogenated alkanes) is 1. The minimum absolute atomic E-state index is 0.0600. The first-order valence-electron chi connectivity index (χ1n) is 11.6. The number of ether oxygens (including phenoxy) is 1. The molecule has 0 unspecified atom stereocenters. The van der Waals surface area contributed by atoms with E-state index in [-0.39, 0.29) is 11.9 Å². The van der Waals surface area contributed by atoms with Gasteiger partial charge in [-0.05, 0) is 73.5 Å². The summed E-state index contributed by atoms with van der Waals surface area (Å²) < 4.78 is 6.67. The number of benzene rings is 2. The molecule has 0 radical (unpaired) electrons. The second-order valence-electron chi connectivity index (χ2n) is 8.46. The van der Waals surface area contributed by atoms with Crippen molar-refractivity contribution in [2.45, 2.75) is 45.1 Å². The molecule has 1 aromatic heterocycles. The highest BCUT2D eigenvalue weighted by Crippen LogP contribution is 2.34. The third-order valence-electron chi connectivity index (χ3n) is 6.08. The zero-order valence-corrected chi connectivity index (χ0v) is 19.7. The van der Waals surface area contributed by atoms with E-state index in [0.29, 0.717) is 24.4 Å². The molecule has 0 aliphatic carbocycles. The first-order chi connectivity index (χ1) is 16.0. The first-order valence-corrected chi connectivity index (χ1v) is 12.4. The van der Waals surface area contributed by atoms with E-state index in [1.807, 2.05) is 48.5 Å². The molecular weight excluding hydrogens is 436 g/mol. The summed E-state index contributed by atoms with van der Waals surface area (Å²) in [4.78, 5) is 27.2. The molecule has 3 aromatic rings. The predicted molar refractivity (Wildman–Crippen MR) is 133 cm³/mol. The maximum atomic E-state index is 12.7. The van der Waals surface area contributed by atoms with Gasteiger partial charge in [0.25, 0.3) is 0 Å². The normalized spacial score (nSPS) is 16.2. The van der Waals surface area contributed by atoms with E-state index < -0.39 is 5.97 Å². The number of thiophene rings is 1. The summed E-state index contributed by atoms with van der Waals surface area (Å²) in [5.74, 6) is -0.135. The Morgan fingerprint density at radius 2 is 1.97 bits per heavy atom. The molecule has 1 aliphatic heterocycles. The molecule has 1 atom stereocenters. The molecule has 1 fully saturated rings. The van der Waals surface area contributed by atoms with Gasteiger partial charge in [-0.15, -0.1) is 11.3 Å². The van der Waals surface area contributed by atoms with Crippen LogP contribution in [0.15, 0.2) is 48.5 Å². The summed E-state index contributed by atoms with van der Waals surface area (Å²) in [6.45, 7) is 3.96. The van der Waals surface area contributed by atoms with Gasteiger partial charge in [0.2, 0.25) is 5.91 Å². The zero-order valence-electron chi connectivity index (χ0n) is 18.9. The summed E-state index contributed by atoms with van der Waals surface area (Å²) in [5, 5.41) is 13.7. The molecule has 0 saturated carbocycles. The Balaban J connectivity index is 1.38. The number of carboxylic acid groups (broad SMARTS) is 1. The molecular formula is C26H30N2O4S. The van der Waals surface area contributed by atoms with Gasteiger partial charge >= 0.3 is 5.97 Å². The van der Waals surface area contributed by atoms with Gasteiger partial charge in [-0.3, -0.25) is 9.69 Å². The third-order valence-corrected chi connectivity index (χ3v) is 7.28. The van der Waals surface area contributed by atoms with Crippen LogP contribution in [0.3, 0.4) is 0 Å². The Kier molecular flexibility index (Phi) is 7.62. The van der Waals surface area contributed by atoms with Crippen molar-refractivity contribution in [3.05, 3.63) is 59.0 Å². The maximum absolute atomic E-state index is 12.7. The molecule has 6 nitrogen and oxygen atoms in total. The lowest BCUT2D eigenvalue weighted by Crippen LogP contribution is -2.38. The van der Waals surface area contributed by atoms with E-state index in [1.165, 1.54) is 11.3 Å². The van der Waals surface area contributed by atoms with Gasteiger partial charge in [0.05, 0.1) is 13.2 Å². The Labute approximate surface area is 198 Å². The second kappa shape index (κ2) is 10.8. The highest BCUT2D eigenvalue weighted by atomic mass is 32.1. The minimum Gasteiger partial charge on any atom is -0.494 e. The number of carbonyl (C=O) groups excluding carboxylic acids is 1. The van der Waals surface area contributed by atoms with Crippen LogP contribution >= 0.6 is 11.3 Å². The lowest BCUT2D eigenvalue weighted by molar-refractivity contribution is -0.117. The molecule has 0 spiro atoms. The van der Waals surface area contributed by atoms with Crippen molar-refractivity contribution in [2.75, 3.05) is 25.0 Å². The number of likely N-dealkylation sites (tertiary alicyclic amines) is 1. The SMILES string of the molecule is CCCCOc1ccc(NC(=O)CN2CCC[C@H]2Cc2c(C(=O)O)sc3ccccc23)cc1. The number of hydrogen-bond acceptors (Lipinski definition) is 5. The largest absolute Gasteiger partial charge is 0.494 e. The second-order valence-corrected chi connectivity index (χ2v) is 9.51. The van der Waals surface area contributed by atoms with Crippen LogP contribution in [0.1, 0.15) is 47.8 Å². The quantitative estimate of drug-likeness (QED) is 0.390. The lowest BCUT2D eigenvalue weighted by Gasteiger charge is -2.24. The van der Waals surface area contributed by atoms with E-state index >= 15 is 0 Å². The van der Waals surface area contributed by atoms with E-state index in [9.17, 15) is 14.7 Å². The van der Waals surface area contributed by atoms with Crippen LogP contribution in [0, 0.1) is 0 Å². The zero-order chi connectivity index (χ0) is 23.2. The van der Waals surface area contributed by atoms with Crippen molar-refractivity contribution < 1.29 is 19.4 Å². The molecule has 1 aliphatic rings. The minimum atomic E-state index is -0.879. The van der Waals surface area contributed by atoms with Crippen LogP contribution in [-0.4, -0.2) is 47.6 Å². The van der Waals surface area contributed by atoms with Crippen molar-refractivity contribution in [3.8, 4) is 5.75 Å². The smallest absolute Gasteiger partial charge is 0.346 e. The molecule has 7 heteroatoms. The average Bonchev–Trinajstić information content (AvgIpc) is 3.40. The molecule has 1 amide bonds. The highest BCUT2D eigenvalue weighted by Gasteiger charge is 2.29. The topological polar surface area (TPSA) is 78.9 Å². The van der Waals surface area contributed by atoms with Crippen LogP contribution in [0.4, 0.5) is 5.69 Å². The molecule has 2 N–H and O–H groups in total. The van der Waals surface area contributed by atoms with Crippen molar-refractivity contribution in [1.82, 2.24) is 4.90 Å². The number of carbonyl (C=O) groups is 2. The number of aromatic carboxylic acids is 1. The van der Waals surface area contributed by atoms with Gasteiger partial charge in [-0.1, -0.05) is 31.5 Å². The summed E-state index contributed by atoms with van der Waals surface area (Å²) in [6.07, 6.45) is 4.71. The Hall–Kier alpha value is -2.90. The molecule has 33 heavy (non-hydrogen) atoms. The highest BCUT2D eigenvalue weighted by molar-refractivity contribution is 7.21. The fourth-order valence-electron chi connectivity index (χ4n) is 4.40. The lowest BCUT2D eigenvalue weighted by atomic mass is 10.0. The molecule has 4 rings (SSSR count). The number of nitrogens with one attached hydrogen (secondary N) is 1. The van der Waals surface area contributed by atoms with Crippen LogP contribution in [-0.2, 0) is 11.2 Å². The van der Waals surface area contributed by atoms with E-state index in [2.05, 4.69) is 17.1 Å². The fraction of sp³-hybridized carbons (Fsp3) is 0.385. The summed E-state index contributed by atoms with van der Waals surface area (Å²) in [6, 6.07) is 15.5. The summed E-state index contributed by atoms with van der Waals surface area (Å²) in [7, 11) is 0. The first kappa shape index (κ1) is 23.3. The van der Waals surface area contributed by atoms with Gasteiger partial charge in [0.15, 0.2) is 0 Å². The number of amides is 1. The fourth-order valence-corrected chi connectivity index (χ4v) is 5.47. The number of anilines is 1. The van der Waals surface area contributed by atoms with Crippen molar-refractivity contribution in [3.63, 3.8) is 0 Å². The Morgan fingerprint density at radius 1 is 1.18 bits per heavy atom. The Morgan fingerprint density at radius 3 is 2.73 bits per heavy atom. The number of hydrogen-bond donors (Lipinski definition) is 2. The number of rotatable bonds is 10. The standard InChI is InChI=1S/C26H30N2O4S/c1-2-3-15-32-20-12-10-18(11-13-20)27-24(29)17-28-14-6-7-19(28)16-22-21-8-4-5-9-23(21)33-25(22)26(30)31/h4-5,8-13,19H,2-3,6-7,14-17H2,1H3,(H,27,29)(H,30,31)/t19-/m0/s1. The van der Waals surface area contributed by atoms with Gasteiger partial charge in [-0.25, -0.2) is 4.79 Å². The van der Waals surface area contributed by atoms with E-state index in [1.54, 1.807) is 0 Å². The van der Waals surface area contributed by atoms with Gasteiger partial charge < -0.3 is 15.2 Å². The van der Waals surface area contributed by atoms with Gasteiger partial charge in [0.1, 0.15) is 10.6 Å². The van der Waals surface area contributed by atoms with Gasteiger partial charge in [-0.2, -0.15) is 0 Å². The predicted octanol–water partition coefficient (Wildman–Crippen LogP) is 5.42. The average molecular weight is 467 g/mol. The van der Waals surface area contributed by atoms with E-state index in [4.69, 9.17) is 4.74 Å². The van der Waals surface area contributed by atoms with Crippen LogP contribution in [0.2, 0.25) is 0 Å². The van der Waals surface area contributed by atoms with Crippen molar-refractivity contribution >= 4 is 39.0 Å².